The molecule has 0 spiro atoms. The number of nitrogens with zero attached hydrogens (tertiary/aromatic N) is 4. The molecule has 5 rings (SSSR count). The second-order valence-electron chi connectivity index (χ2n) is 8.33. The maximum atomic E-state index is 12.8. The number of rotatable bonds is 5. The molecule has 1 aliphatic heterocycles. The van der Waals surface area contributed by atoms with Crippen molar-refractivity contribution in [1.29, 1.82) is 0 Å². The third-order valence-corrected chi connectivity index (χ3v) is 6.78. The van der Waals surface area contributed by atoms with Gasteiger partial charge in [-0.2, -0.15) is 13.2 Å². The fraction of sp³-hybridized carbons (Fsp3) is 0.409. The van der Waals surface area contributed by atoms with Gasteiger partial charge in [0.15, 0.2) is 0 Å². The van der Waals surface area contributed by atoms with Crippen LogP contribution in [0.1, 0.15) is 29.1 Å². The van der Waals surface area contributed by atoms with Gasteiger partial charge in [-0.25, -0.2) is 15.0 Å². The Labute approximate surface area is 186 Å². The van der Waals surface area contributed by atoms with Crippen molar-refractivity contribution >= 4 is 38.4 Å². The zero-order valence-corrected chi connectivity index (χ0v) is 18.4. The Morgan fingerprint density at radius 2 is 2.00 bits per heavy atom. The molecule has 1 saturated heterocycles. The van der Waals surface area contributed by atoms with E-state index in [1.165, 1.54) is 6.33 Å². The smallest absolute Gasteiger partial charge is 0.367 e. The molecule has 0 saturated carbocycles. The molecule has 1 fully saturated rings. The van der Waals surface area contributed by atoms with Crippen molar-refractivity contribution in [3.63, 3.8) is 0 Å². The summed E-state index contributed by atoms with van der Waals surface area (Å²) in [5.41, 5.74) is 4.20. The maximum absolute atomic E-state index is 12.8. The van der Waals surface area contributed by atoms with Gasteiger partial charge in [-0.15, -0.1) is 11.3 Å². The number of halogens is 3. The van der Waals surface area contributed by atoms with Gasteiger partial charge < -0.3 is 10.3 Å². The van der Waals surface area contributed by atoms with Gasteiger partial charge in [-0.3, -0.25) is 4.90 Å². The van der Waals surface area contributed by atoms with Crippen molar-refractivity contribution in [2.45, 2.75) is 44.9 Å². The summed E-state index contributed by atoms with van der Waals surface area (Å²) >= 11 is 1.08. The van der Waals surface area contributed by atoms with E-state index in [9.17, 15) is 13.2 Å². The van der Waals surface area contributed by atoms with Crippen molar-refractivity contribution in [1.82, 2.24) is 24.8 Å². The highest BCUT2D eigenvalue weighted by Crippen LogP contribution is 2.33. The average Bonchev–Trinajstić information content (AvgIpc) is 3.30. The first-order valence-electron chi connectivity index (χ1n) is 10.6. The molecule has 5 heterocycles. The normalized spacial score (nSPS) is 16.2. The lowest BCUT2D eigenvalue weighted by molar-refractivity contribution is -0.126. The molecule has 10 heteroatoms. The minimum absolute atomic E-state index is 0.220. The Kier molecular flexibility index (Phi) is 5.50. The van der Waals surface area contributed by atoms with Crippen LogP contribution in [0, 0.1) is 6.92 Å². The van der Waals surface area contributed by atoms with E-state index < -0.39 is 12.6 Å². The van der Waals surface area contributed by atoms with Crippen LogP contribution >= 0.6 is 11.3 Å². The Hall–Kier alpha value is -2.72. The SMILES string of the molecule is Cc1cc2nc(CN3CCC(Nc4ncnc5sc(CC(F)(F)F)cc45)CC3)ccc2[nH]1. The molecular weight excluding hydrogens is 437 g/mol. The number of hydrogen-bond donors (Lipinski definition) is 2. The highest BCUT2D eigenvalue weighted by Gasteiger charge is 2.29. The Bertz CT molecular complexity index is 1240. The second-order valence-corrected chi connectivity index (χ2v) is 9.44. The van der Waals surface area contributed by atoms with Crippen molar-refractivity contribution in [2.24, 2.45) is 0 Å². The predicted molar refractivity (Wildman–Crippen MR) is 120 cm³/mol. The summed E-state index contributed by atoms with van der Waals surface area (Å²) in [6.45, 7) is 4.66. The van der Waals surface area contributed by atoms with Gasteiger partial charge in [0.25, 0.3) is 0 Å². The van der Waals surface area contributed by atoms with Crippen LogP contribution in [0.5, 0.6) is 0 Å². The van der Waals surface area contributed by atoms with E-state index in [1.54, 1.807) is 6.07 Å². The molecule has 2 N–H and O–H groups in total. The van der Waals surface area contributed by atoms with E-state index in [-0.39, 0.29) is 10.9 Å². The van der Waals surface area contributed by atoms with Gasteiger partial charge in [0.2, 0.25) is 0 Å². The summed E-state index contributed by atoms with van der Waals surface area (Å²) < 4.78 is 38.3. The fourth-order valence-corrected chi connectivity index (χ4v) is 5.26. The number of aryl methyl sites for hydroxylation is 1. The van der Waals surface area contributed by atoms with Crippen LogP contribution in [0.4, 0.5) is 19.0 Å². The molecule has 1 aliphatic rings. The Morgan fingerprint density at radius 1 is 1.19 bits per heavy atom. The fourth-order valence-electron chi connectivity index (χ4n) is 4.24. The van der Waals surface area contributed by atoms with Crippen LogP contribution in [0.15, 0.2) is 30.6 Å². The van der Waals surface area contributed by atoms with E-state index in [4.69, 9.17) is 4.98 Å². The lowest BCUT2D eigenvalue weighted by Gasteiger charge is -2.32. The standard InChI is InChI=1S/C22H23F3N6S/c1-13-8-19-18(28-13)3-2-15(29-19)11-31-6-4-14(5-7-31)30-20-17-9-16(10-22(23,24)25)32-21(17)27-12-26-20/h2-3,8-9,12,14,28H,4-7,10-11H2,1H3,(H,26,27,30). The molecule has 4 aromatic heterocycles. The summed E-state index contributed by atoms with van der Waals surface area (Å²) in [5, 5.41) is 4.10. The Balaban J connectivity index is 1.21. The minimum Gasteiger partial charge on any atom is -0.367 e. The number of anilines is 1. The van der Waals surface area contributed by atoms with E-state index in [0.717, 1.165) is 66.2 Å². The molecular formula is C22H23F3N6S. The third-order valence-electron chi connectivity index (χ3n) is 5.74. The highest BCUT2D eigenvalue weighted by molar-refractivity contribution is 7.18. The molecule has 4 aromatic rings. The van der Waals surface area contributed by atoms with Gasteiger partial charge in [-0.05, 0) is 44.0 Å². The number of alkyl halides is 3. The lowest BCUT2D eigenvalue weighted by Crippen LogP contribution is -2.39. The molecule has 6 nitrogen and oxygen atoms in total. The van der Waals surface area contributed by atoms with Crippen molar-refractivity contribution in [3.8, 4) is 0 Å². The maximum Gasteiger partial charge on any atom is 0.393 e. The predicted octanol–water partition coefficient (Wildman–Crippen LogP) is 5.06. The second kappa shape index (κ2) is 8.32. The first-order valence-corrected chi connectivity index (χ1v) is 11.4. The Morgan fingerprint density at radius 3 is 2.78 bits per heavy atom. The number of aromatic amines is 1. The monoisotopic (exact) mass is 460 g/mol. The number of pyridine rings is 1. The summed E-state index contributed by atoms with van der Waals surface area (Å²) in [6, 6.07) is 7.98. The zero-order valence-electron chi connectivity index (χ0n) is 17.5. The van der Waals surface area contributed by atoms with Gasteiger partial charge in [0, 0.05) is 36.2 Å². The van der Waals surface area contributed by atoms with Crippen LogP contribution < -0.4 is 5.32 Å². The van der Waals surface area contributed by atoms with E-state index in [1.807, 2.05) is 6.92 Å². The topological polar surface area (TPSA) is 69.7 Å². The number of fused-ring (bicyclic) bond motifs is 2. The summed E-state index contributed by atoms with van der Waals surface area (Å²) in [4.78, 5) is 19.7. The average molecular weight is 461 g/mol. The summed E-state index contributed by atoms with van der Waals surface area (Å²) in [7, 11) is 0. The van der Waals surface area contributed by atoms with Gasteiger partial charge in [-0.1, -0.05) is 0 Å². The molecule has 0 amide bonds. The molecule has 32 heavy (non-hydrogen) atoms. The van der Waals surface area contributed by atoms with Gasteiger partial charge in [0.05, 0.1) is 28.5 Å². The lowest BCUT2D eigenvalue weighted by atomic mass is 10.0. The minimum atomic E-state index is -4.23. The first-order chi connectivity index (χ1) is 15.3. The summed E-state index contributed by atoms with van der Waals surface area (Å²) in [5.74, 6) is 0.619. The molecule has 0 aliphatic carbocycles. The molecule has 168 valence electrons. The summed E-state index contributed by atoms with van der Waals surface area (Å²) in [6.07, 6.45) is -1.90. The van der Waals surface area contributed by atoms with Crippen LogP contribution in [0.25, 0.3) is 21.3 Å². The molecule has 0 aromatic carbocycles. The third kappa shape index (κ3) is 4.71. The zero-order chi connectivity index (χ0) is 22.3. The molecule has 0 atom stereocenters. The van der Waals surface area contributed by atoms with Crippen LogP contribution in [-0.4, -0.2) is 50.1 Å². The largest absolute Gasteiger partial charge is 0.393 e. The molecule has 0 unspecified atom stereocenters. The van der Waals surface area contributed by atoms with Crippen LogP contribution in [0.2, 0.25) is 0 Å². The van der Waals surface area contributed by atoms with E-state index in [2.05, 4.69) is 43.4 Å². The van der Waals surface area contributed by atoms with Crippen molar-refractivity contribution < 1.29 is 13.2 Å². The quantitative estimate of drug-likeness (QED) is 0.436. The van der Waals surface area contributed by atoms with Crippen LogP contribution in [-0.2, 0) is 13.0 Å². The number of aromatic nitrogens is 4. The molecule has 0 bridgehead atoms. The van der Waals surface area contributed by atoms with E-state index in [0.29, 0.717) is 16.0 Å². The highest BCUT2D eigenvalue weighted by atomic mass is 32.1. The number of nitrogens with one attached hydrogen (secondary N) is 2. The van der Waals surface area contributed by atoms with Crippen molar-refractivity contribution in [3.05, 3.63) is 46.9 Å². The van der Waals surface area contributed by atoms with Gasteiger partial charge in [0.1, 0.15) is 17.0 Å². The van der Waals surface area contributed by atoms with Gasteiger partial charge >= 0.3 is 6.18 Å². The number of hydrogen-bond acceptors (Lipinski definition) is 6. The van der Waals surface area contributed by atoms with E-state index >= 15 is 0 Å². The van der Waals surface area contributed by atoms with Crippen molar-refractivity contribution in [2.75, 3.05) is 18.4 Å². The first kappa shape index (κ1) is 21.1. The van der Waals surface area contributed by atoms with Crippen LogP contribution in [0.3, 0.4) is 0 Å². The number of piperidine rings is 1. The number of thiophene rings is 1. The number of likely N-dealkylation sites (tertiary alicyclic amines) is 1. The molecule has 0 radical (unpaired) electrons. The number of H-pyrrole nitrogens is 1.